The van der Waals surface area contributed by atoms with Crippen LogP contribution in [0.1, 0.15) is 27.7 Å². The predicted octanol–water partition coefficient (Wildman–Crippen LogP) is 7.21. The van der Waals surface area contributed by atoms with Crippen LogP contribution < -0.4 is 18.9 Å². The van der Waals surface area contributed by atoms with Gasteiger partial charge in [0, 0.05) is 82.0 Å². The highest BCUT2D eigenvalue weighted by Crippen LogP contribution is 2.59. The number of halogens is 2. The molecular formula is C30H22Br2N2O8. The Morgan fingerprint density at radius 1 is 0.548 bits per heavy atom. The molecule has 0 fully saturated rings. The minimum atomic E-state index is -0.743. The van der Waals surface area contributed by atoms with E-state index in [1.165, 1.54) is 27.7 Å². The van der Waals surface area contributed by atoms with Crippen molar-refractivity contribution in [3.63, 3.8) is 0 Å². The molecule has 214 valence electrons. The number of aromatic nitrogens is 2. The molecule has 0 aliphatic carbocycles. The van der Waals surface area contributed by atoms with Crippen LogP contribution in [0.15, 0.2) is 57.7 Å². The Morgan fingerprint density at radius 3 is 1.14 bits per heavy atom. The van der Waals surface area contributed by atoms with E-state index in [-0.39, 0.29) is 34.1 Å². The number of fused-ring (bicyclic) bond motifs is 2. The van der Waals surface area contributed by atoms with E-state index in [0.717, 1.165) is 8.95 Å². The van der Waals surface area contributed by atoms with Crippen molar-refractivity contribution >= 4 is 77.5 Å². The first-order valence-corrected chi connectivity index (χ1v) is 14.0. The molecule has 0 bridgehead atoms. The Balaban J connectivity index is 2.05. The van der Waals surface area contributed by atoms with Crippen LogP contribution in [0.5, 0.6) is 23.0 Å². The summed E-state index contributed by atoms with van der Waals surface area (Å²) in [5.41, 5.74) is 2.31. The van der Waals surface area contributed by atoms with Gasteiger partial charge in [0.05, 0.1) is 11.1 Å². The van der Waals surface area contributed by atoms with Crippen molar-refractivity contribution in [1.82, 2.24) is 9.97 Å². The van der Waals surface area contributed by atoms with Gasteiger partial charge in [0.25, 0.3) is 0 Å². The summed E-state index contributed by atoms with van der Waals surface area (Å²) in [6.45, 7) is 4.73. The second-order valence-corrected chi connectivity index (χ2v) is 11.1. The zero-order valence-corrected chi connectivity index (χ0v) is 25.8. The second kappa shape index (κ2) is 11.5. The SMILES string of the molecule is CC(=O)Oc1c(OC(C)=O)c(-c2c[nH]c3ccc(Br)cc23)c(OC(C)=O)c(OC(C)=O)c1-c1c[nH]c2ccc(Br)cc12. The molecule has 42 heavy (non-hydrogen) atoms. The topological polar surface area (TPSA) is 137 Å². The number of benzene rings is 3. The third kappa shape index (κ3) is 5.55. The van der Waals surface area contributed by atoms with E-state index >= 15 is 0 Å². The minimum Gasteiger partial charge on any atom is -0.422 e. The summed E-state index contributed by atoms with van der Waals surface area (Å²) >= 11 is 6.94. The van der Waals surface area contributed by atoms with Crippen molar-refractivity contribution in [1.29, 1.82) is 0 Å². The predicted molar refractivity (Wildman–Crippen MR) is 162 cm³/mol. The molecule has 2 heterocycles. The van der Waals surface area contributed by atoms with E-state index in [9.17, 15) is 19.2 Å². The number of carbonyl (C=O) groups excluding carboxylic acids is 4. The van der Waals surface area contributed by atoms with Gasteiger partial charge in [-0.25, -0.2) is 0 Å². The molecule has 0 unspecified atom stereocenters. The number of hydrogen-bond acceptors (Lipinski definition) is 8. The summed E-state index contributed by atoms with van der Waals surface area (Å²) in [6, 6.07) is 10.9. The summed E-state index contributed by atoms with van der Waals surface area (Å²) in [7, 11) is 0. The lowest BCUT2D eigenvalue weighted by atomic mass is 9.94. The molecule has 3 aromatic carbocycles. The minimum absolute atomic E-state index is 0.0435. The first-order chi connectivity index (χ1) is 19.9. The third-order valence-electron chi connectivity index (χ3n) is 6.13. The second-order valence-electron chi connectivity index (χ2n) is 9.23. The Labute approximate surface area is 255 Å². The Morgan fingerprint density at radius 2 is 0.857 bits per heavy atom. The van der Waals surface area contributed by atoms with Crippen LogP contribution in [0.25, 0.3) is 44.1 Å². The molecule has 10 nitrogen and oxygen atoms in total. The van der Waals surface area contributed by atoms with Crippen LogP contribution in [0.4, 0.5) is 0 Å². The highest BCUT2D eigenvalue weighted by molar-refractivity contribution is 9.10. The molecule has 5 aromatic rings. The summed E-state index contributed by atoms with van der Waals surface area (Å²) in [4.78, 5) is 56.5. The van der Waals surface area contributed by atoms with Crippen LogP contribution in [-0.2, 0) is 19.2 Å². The van der Waals surface area contributed by atoms with E-state index in [1.54, 1.807) is 24.5 Å². The Hall–Kier alpha value is -4.42. The number of H-pyrrole nitrogens is 2. The maximum Gasteiger partial charge on any atom is 0.308 e. The van der Waals surface area contributed by atoms with E-state index in [4.69, 9.17) is 18.9 Å². The number of nitrogens with one attached hydrogen (secondary N) is 2. The van der Waals surface area contributed by atoms with Crippen LogP contribution in [-0.4, -0.2) is 33.8 Å². The van der Waals surface area contributed by atoms with Gasteiger partial charge in [-0.1, -0.05) is 31.9 Å². The zero-order valence-electron chi connectivity index (χ0n) is 22.6. The van der Waals surface area contributed by atoms with Gasteiger partial charge in [0.2, 0.25) is 0 Å². The van der Waals surface area contributed by atoms with Crippen molar-refractivity contribution in [2.45, 2.75) is 27.7 Å². The van der Waals surface area contributed by atoms with Gasteiger partial charge in [-0.3, -0.25) is 19.2 Å². The fourth-order valence-electron chi connectivity index (χ4n) is 4.71. The van der Waals surface area contributed by atoms with Gasteiger partial charge in [-0.2, -0.15) is 0 Å². The van der Waals surface area contributed by atoms with Crippen molar-refractivity contribution in [3.05, 3.63) is 57.7 Å². The zero-order chi connectivity index (χ0) is 30.3. The maximum absolute atomic E-state index is 12.6. The highest BCUT2D eigenvalue weighted by atomic mass is 79.9. The third-order valence-corrected chi connectivity index (χ3v) is 7.12. The molecule has 0 atom stereocenters. The largest absolute Gasteiger partial charge is 0.422 e. The van der Waals surface area contributed by atoms with Crippen molar-refractivity contribution in [3.8, 4) is 45.3 Å². The fourth-order valence-corrected chi connectivity index (χ4v) is 5.44. The molecule has 0 aliphatic rings. The molecule has 2 N–H and O–H groups in total. The number of rotatable bonds is 6. The van der Waals surface area contributed by atoms with Gasteiger partial charge >= 0.3 is 23.9 Å². The van der Waals surface area contributed by atoms with E-state index < -0.39 is 23.9 Å². The number of hydrogen-bond donors (Lipinski definition) is 2. The monoisotopic (exact) mass is 696 g/mol. The lowest BCUT2D eigenvalue weighted by Gasteiger charge is -2.23. The van der Waals surface area contributed by atoms with E-state index in [2.05, 4.69) is 41.8 Å². The number of carbonyl (C=O) groups is 4. The molecular weight excluding hydrogens is 676 g/mol. The fraction of sp³-hybridized carbons (Fsp3) is 0.133. The van der Waals surface area contributed by atoms with Crippen molar-refractivity contribution < 1.29 is 38.1 Å². The van der Waals surface area contributed by atoms with Crippen LogP contribution in [0, 0.1) is 0 Å². The molecule has 0 saturated heterocycles. The van der Waals surface area contributed by atoms with Gasteiger partial charge < -0.3 is 28.9 Å². The average molecular weight is 698 g/mol. The molecule has 0 aliphatic heterocycles. The van der Waals surface area contributed by atoms with Gasteiger partial charge in [-0.15, -0.1) is 0 Å². The summed E-state index contributed by atoms with van der Waals surface area (Å²) in [5, 5.41) is 1.27. The quantitative estimate of drug-likeness (QED) is 0.140. The summed E-state index contributed by atoms with van der Waals surface area (Å²) < 4.78 is 24.4. The van der Waals surface area contributed by atoms with E-state index in [1.807, 2.05) is 24.3 Å². The molecule has 12 heteroatoms. The average Bonchev–Trinajstić information content (AvgIpc) is 3.49. The van der Waals surface area contributed by atoms with Gasteiger partial charge in [0.1, 0.15) is 0 Å². The summed E-state index contributed by atoms with van der Waals surface area (Å²) in [6.07, 6.45) is 3.23. The number of esters is 4. The van der Waals surface area contributed by atoms with Crippen molar-refractivity contribution in [2.24, 2.45) is 0 Å². The van der Waals surface area contributed by atoms with Crippen LogP contribution >= 0.6 is 31.9 Å². The molecule has 0 spiro atoms. The van der Waals surface area contributed by atoms with Crippen LogP contribution in [0.3, 0.4) is 0 Å². The van der Waals surface area contributed by atoms with Crippen LogP contribution in [0.2, 0.25) is 0 Å². The van der Waals surface area contributed by atoms with Gasteiger partial charge in [-0.05, 0) is 36.4 Å². The Kier molecular flexibility index (Phi) is 7.93. The van der Waals surface area contributed by atoms with E-state index in [0.29, 0.717) is 32.9 Å². The standard InChI is InChI=1S/C30H22Br2N2O8/c1-13(35)39-27-25(21-11-33-23-7-5-17(31)9-19(21)23)29(41-15(3)37)30(42-16(4)38)26(28(27)40-14(2)36)22-12-34-24-8-6-18(32)10-20(22)24/h5-12,33-34H,1-4H3. The smallest absolute Gasteiger partial charge is 0.308 e. The lowest BCUT2D eigenvalue weighted by Crippen LogP contribution is -2.14. The molecule has 0 amide bonds. The molecule has 2 aromatic heterocycles. The lowest BCUT2D eigenvalue weighted by molar-refractivity contribution is -0.135. The number of ether oxygens (including phenoxy) is 4. The molecule has 0 saturated carbocycles. The first-order valence-electron chi connectivity index (χ1n) is 12.5. The van der Waals surface area contributed by atoms with Crippen molar-refractivity contribution in [2.75, 3.05) is 0 Å². The van der Waals surface area contributed by atoms with Gasteiger partial charge in [0.15, 0.2) is 23.0 Å². The molecule has 0 radical (unpaired) electrons. The normalized spacial score (nSPS) is 11.0. The maximum atomic E-state index is 12.6. The highest BCUT2D eigenvalue weighted by Gasteiger charge is 2.35. The molecule has 5 rings (SSSR count). The Bertz CT molecular complexity index is 1740. The first kappa shape index (κ1) is 29.1. The summed E-state index contributed by atoms with van der Waals surface area (Å²) in [5.74, 6) is -3.84. The number of aromatic amines is 2.